The van der Waals surface area contributed by atoms with Gasteiger partial charge in [-0.05, 0) is 86.6 Å². The zero-order valence-electron chi connectivity index (χ0n) is 29.5. The highest BCUT2D eigenvalue weighted by molar-refractivity contribution is 6.23. The molecule has 0 saturated carbocycles. The van der Waals surface area contributed by atoms with E-state index < -0.39 is 0 Å². The van der Waals surface area contributed by atoms with E-state index in [4.69, 9.17) is 0 Å². The standard InChI is InChI=1S/C52H34N2/c1-2-11-35(12-3-1)37-21-23-38(24-22-37)39-27-29-43(30-28-39)53-49-19-8-6-17-45(49)47-31-32-48-46-18-7-9-20-50(46)54(52(48)51(47)53)44-16-10-15-41(34-44)42-26-25-36-13-4-5-14-40(36)33-42/h1-34H. The summed E-state index contributed by atoms with van der Waals surface area (Å²) in [6.45, 7) is 0. The molecule has 0 spiro atoms. The van der Waals surface area contributed by atoms with Crippen molar-refractivity contribution in [1.29, 1.82) is 0 Å². The van der Waals surface area contributed by atoms with Crippen molar-refractivity contribution in [2.45, 2.75) is 0 Å². The number of para-hydroxylation sites is 2. The van der Waals surface area contributed by atoms with E-state index >= 15 is 0 Å². The molecule has 0 aliphatic heterocycles. The third-order valence-electron chi connectivity index (χ3n) is 11.1. The number of aromatic nitrogens is 2. The lowest BCUT2D eigenvalue weighted by molar-refractivity contribution is 1.15. The molecule has 11 rings (SSSR count). The van der Waals surface area contributed by atoms with E-state index in [1.54, 1.807) is 0 Å². The molecule has 0 saturated heterocycles. The Morgan fingerprint density at radius 2 is 0.704 bits per heavy atom. The fourth-order valence-electron chi connectivity index (χ4n) is 8.52. The summed E-state index contributed by atoms with van der Waals surface area (Å²) in [6, 6.07) is 75.2. The topological polar surface area (TPSA) is 9.86 Å². The smallest absolute Gasteiger partial charge is 0.0788 e. The highest BCUT2D eigenvalue weighted by Gasteiger charge is 2.21. The molecule has 0 amide bonds. The minimum Gasteiger partial charge on any atom is -0.307 e. The lowest BCUT2D eigenvalue weighted by Gasteiger charge is -2.14. The van der Waals surface area contributed by atoms with Gasteiger partial charge in [-0.15, -0.1) is 0 Å². The van der Waals surface area contributed by atoms with Crippen LogP contribution < -0.4 is 0 Å². The number of nitrogens with zero attached hydrogens (tertiary/aromatic N) is 2. The zero-order valence-corrected chi connectivity index (χ0v) is 29.5. The Morgan fingerprint density at radius 1 is 0.241 bits per heavy atom. The molecule has 11 aromatic rings. The van der Waals surface area contributed by atoms with Gasteiger partial charge in [-0.25, -0.2) is 0 Å². The molecule has 0 radical (unpaired) electrons. The molecule has 0 aliphatic rings. The van der Waals surface area contributed by atoms with Crippen molar-refractivity contribution in [2.75, 3.05) is 0 Å². The lowest BCUT2D eigenvalue weighted by Crippen LogP contribution is -1.99. The van der Waals surface area contributed by atoms with Crippen LogP contribution in [0.2, 0.25) is 0 Å². The molecule has 0 fully saturated rings. The third-order valence-corrected chi connectivity index (χ3v) is 11.1. The Kier molecular flexibility index (Phi) is 6.90. The molecule has 0 unspecified atom stereocenters. The van der Waals surface area contributed by atoms with Crippen LogP contribution in [0.5, 0.6) is 0 Å². The fraction of sp³-hybridized carbons (Fsp3) is 0. The number of fused-ring (bicyclic) bond motifs is 8. The molecule has 0 aliphatic carbocycles. The average Bonchev–Trinajstić information content (AvgIpc) is 3.77. The van der Waals surface area contributed by atoms with Crippen molar-refractivity contribution in [3.8, 4) is 44.8 Å². The van der Waals surface area contributed by atoms with Crippen molar-refractivity contribution in [2.24, 2.45) is 0 Å². The lowest BCUT2D eigenvalue weighted by atomic mass is 10.0. The van der Waals surface area contributed by atoms with Gasteiger partial charge in [0.05, 0.1) is 22.1 Å². The van der Waals surface area contributed by atoms with Gasteiger partial charge in [-0.1, -0.05) is 164 Å². The van der Waals surface area contributed by atoms with Gasteiger partial charge < -0.3 is 9.13 Å². The summed E-state index contributed by atoms with van der Waals surface area (Å²) in [7, 11) is 0. The summed E-state index contributed by atoms with van der Waals surface area (Å²) in [6.07, 6.45) is 0. The molecule has 0 bridgehead atoms. The van der Waals surface area contributed by atoms with Gasteiger partial charge in [-0.2, -0.15) is 0 Å². The van der Waals surface area contributed by atoms with Gasteiger partial charge >= 0.3 is 0 Å². The van der Waals surface area contributed by atoms with Gasteiger partial charge in [0.2, 0.25) is 0 Å². The van der Waals surface area contributed by atoms with Crippen LogP contribution in [-0.4, -0.2) is 9.13 Å². The van der Waals surface area contributed by atoms with Gasteiger partial charge in [0, 0.05) is 32.9 Å². The number of rotatable bonds is 5. The summed E-state index contributed by atoms with van der Waals surface area (Å²) >= 11 is 0. The first-order chi connectivity index (χ1) is 26.8. The van der Waals surface area contributed by atoms with Crippen LogP contribution in [0.3, 0.4) is 0 Å². The van der Waals surface area contributed by atoms with Crippen LogP contribution in [0.15, 0.2) is 206 Å². The summed E-state index contributed by atoms with van der Waals surface area (Å²) in [5.41, 5.74) is 14.4. The molecule has 0 N–H and O–H groups in total. The summed E-state index contributed by atoms with van der Waals surface area (Å²) < 4.78 is 4.95. The molecular formula is C52H34N2. The average molecular weight is 687 g/mol. The number of hydrogen-bond acceptors (Lipinski definition) is 0. The van der Waals surface area contributed by atoms with E-state index in [2.05, 4.69) is 215 Å². The van der Waals surface area contributed by atoms with Gasteiger partial charge in [0.15, 0.2) is 0 Å². The molecule has 54 heavy (non-hydrogen) atoms. The second kappa shape index (κ2) is 12.2. The monoisotopic (exact) mass is 686 g/mol. The predicted octanol–water partition coefficient (Wildman–Crippen LogP) is 14.0. The Morgan fingerprint density at radius 3 is 1.35 bits per heavy atom. The van der Waals surface area contributed by atoms with Gasteiger partial charge in [0.25, 0.3) is 0 Å². The largest absolute Gasteiger partial charge is 0.307 e. The molecule has 2 nitrogen and oxygen atoms in total. The molecule has 2 heterocycles. The summed E-state index contributed by atoms with van der Waals surface area (Å²) in [5, 5.41) is 7.48. The van der Waals surface area contributed by atoms with Gasteiger partial charge in [0.1, 0.15) is 0 Å². The first-order valence-corrected chi connectivity index (χ1v) is 18.6. The summed E-state index contributed by atoms with van der Waals surface area (Å²) in [5.74, 6) is 0. The highest BCUT2D eigenvalue weighted by atomic mass is 15.0. The normalized spacial score (nSPS) is 11.7. The zero-order chi connectivity index (χ0) is 35.6. The minimum atomic E-state index is 1.14. The van der Waals surface area contributed by atoms with Crippen LogP contribution in [0.4, 0.5) is 0 Å². The molecular weight excluding hydrogens is 653 g/mol. The van der Waals surface area contributed by atoms with Crippen molar-refractivity contribution in [3.63, 3.8) is 0 Å². The minimum absolute atomic E-state index is 1.14. The second-order valence-electron chi connectivity index (χ2n) is 14.2. The van der Waals surface area contributed by atoms with Gasteiger partial charge in [-0.3, -0.25) is 0 Å². The van der Waals surface area contributed by atoms with E-state index in [9.17, 15) is 0 Å². The fourth-order valence-corrected chi connectivity index (χ4v) is 8.52. The maximum absolute atomic E-state index is 2.48. The third kappa shape index (κ3) is 4.81. The maximum atomic E-state index is 2.48. The molecule has 2 heteroatoms. The van der Waals surface area contributed by atoms with E-state index in [1.165, 1.54) is 87.8 Å². The Balaban J connectivity index is 1.12. The first-order valence-electron chi connectivity index (χ1n) is 18.6. The SMILES string of the molecule is c1ccc(-c2ccc(-c3ccc(-n4c5ccccc5c5ccc6c7ccccc7n(-c7cccc(-c8ccc9ccccc9c8)c7)c6c54)cc3)cc2)cc1. The van der Waals surface area contributed by atoms with Crippen LogP contribution in [-0.2, 0) is 0 Å². The Labute approximate surface area is 313 Å². The van der Waals surface area contributed by atoms with Crippen LogP contribution >= 0.6 is 0 Å². The molecule has 2 aromatic heterocycles. The van der Waals surface area contributed by atoms with Crippen LogP contribution in [0, 0.1) is 0 Å². The maximum Gasteiger partial charge on any atom is 0.0788 e. The Bertz CT molecular complexity index is 3180. The van der Waals surface area contributed by atoms with Crippen molar-refractivity contribution in [3.05, 3.63) is 206 Å². The van der Waals surface area contributed by atoms with E-state index in [1.807, 2.05) is 0 Å². The highest BCUT2D eigenvalue weighted by Crippen LogP contribution is 2.42. The van der Waals surface area contributed by atoms with Crippen molar-refractivity contribution < 1.29 is 0 Å². The van der Waals surface area contributed by atoms with Crippen molar-refractivity contribution in [1.82, 2.24) is 9.13 Å². The number of hydrogen-bond donors (Lipinski definition) is 0. The first kappa shape index (κ1) is 30.5. The van der Waals surface area contributed by atoms with E-state index in [0.717, 1.165) is 11.4 Å². The van der Waals surface area contributed by atoms with E-state index in [0.29, 0.717) is 0 Å². The molecule has 0 atom stereocenters. The van der Waals surface area contributed by atoms with Crippen LogP contribution in [0.1, 0.15) is 0 Å². The Hall–Kier alpha value is -7.16. The number of benzene rings is 9. The molecule has 9 aromatic carbocycles. The van der Waals surface area contributed by atoms with Crippen LogP contribution in [0.25, 0.3) is 99.1 Å². The van der Waals surface area contributed by atoms with Crippen molar-refractivity contribution >= 4 is 54.4 Å². The second-order valence-corrected chi connectivity index (χ2v) is 14.2. The quantitative estimate of drug-likeness (QED) is 0.171. The molecule has 252 valence electrons. The predicted molar refractivity (Wildman–Crippen MR) is 229 cm³/mol. The summed E-state index contributed by atoms with van der Waals surface area (Å²) in [4.78, 5) is 0. The van der Waals surface area contributed by atoms with E-state index in [-0.39, 0.29) is 0 Å².